The van der Waals surface area contributed by atoms with Gasteiger partial charge in [0.25, 0.3) is 5.91 Å². The van der Waals surface area contributed by atoms with Crippen molar-refractivity contribution in [3.05, 3.63) is 94.5 Å². The number of halogens is 1. The van der Waals surface area contributed by atoms with E-state index in [0.717, 1.165) is 11.1 Å². The van der Waals surface area contributed by atoms with Crippen LogP contribution in [0.3, 0.4) is 0 Å². The van der Waals surface area contributed by atoms with E-state index in [-0.39, 0.29) is 18.2 Å². The first-order valence-electron chi connectivity index (χ1n) is 8.52. The molecule has 136 valence electrons. The molecule has 0 spiro atoms. The lowest BCUT2D eigenvalue weighted by Gasteiger charge is -2.11. The molecule has 3 aromatic rings. The van der Waals surface area contributed by atoms with Crippen molar-refractivity contribution in [1.29, 1.82) is 0 Å². The van der Waals surface area contributed by atoms with Crippen LogP contribution in [-0.4, -0.2) is 11.8 Å². The van der Waals surface area contributed by atoms with Crippen LogP contribution >= 0.6 is 11.6 Å². The Bertz CT molecular complexity index is 954. The minimum atomic E-state index is -0.168. The first kappa shape index (κ1) is 18.7. The van der Waals surface area contributed by atoms with Crippen LogP contribution in [0.5, 0.6) is 0 Å². The number of aryl methyl sites for hydroxylation is 1. The molecule has 0 aliphatic carbocycles. The molecule has 0 aliphatic rings. The van der Waals surface area contributed by atoms with Gasteiger partial charge < -0.3 is 10.6 Å². The third-order valence-corrected chi connectivity index (χ3v) is 4.32. The molecule has 0 saturated carbocycles. The van der Waals surface area contributed by atoms with Crippen LogP contribution < -0.4 is 10.6 Å². The summed E-state index contributed by atoms with van der Waals surface area (Å²) >= 11 is 5.85. The van der Waals surface area contributed by atoms with E-state index in [2.05, 4.69) is 10.6 Å². The molecule has 3 aromatic carbocycles. The predicted molar refractivity (Wildman–Crippen MR) is 109 cm³/mol. The number of anilines is 2. The minimum Gasteiger partial charge on any atom is -0.326 e. The molecule has 0 aromatic heterocycles. The van der Waals surface area contributed by atoms with E-state index < -0.39 is 0 Å². The maximum Gasteiger partial charge on any atom is 0.255 e. The first-order valence-corrected chi connectivity index (χ1v) is 8.90. The summed E-state index contributed by atoms with van der Waals surface area (Å²) in [5.74, 6) is -0.281. The van der Waals surface area contributed by atoms with Crippen molar-refractivity contribution in [2.45, 2.75) is 13.3 Å². The van der Waals surface area contributed by atoms with Crippen LogP contribution in [-0.2, 0) is 11.2 Å². The number of amides is 2. The number of carbonyl (C=O) groups is 2. The molecular formula is C22H19ClN2O2. The molecule has 0 atom stereocenters. The van der Waals surface area contributed by atoms with Crippen molar-refractivity contribution in [3.63, 3.8) is 0 Å². The molecule has 2 N–H and O–H groups in total. The Hall–Kier alpha value is -3.11. The number of hydrogen-bond acceptors (Lipinski definition) is 2. The Morgan fingerprint density at radius 3 is 2.26 bits per heavy atom. The van der Waals surface area contributed by atoms with Crippen LogP contribution in [0.2, 0.25) is 5.02 Å². The van der Waals surface area contributed by atoms with Gasteiger partial charge in [-0.3, -0.25) is 9.59 Å². The van der Waals surface area contributed by atoms with Crippen molar-refractivity contribution >= 4 is 34.8 Å². The fourth-order valence-corrected chi connectivity index (χ4v) is 2.78. The summed E-state index contributed by atoms with van der Waals surface area (Å²) in [5, 5.41) is 6.40. The fourth-order valence-electron chi connectivity index (χ4n) is 2.66. The van der Waals surface area contributed by atoms with Gasteiger partial charge in [0, 0.05) is 22.0 Å². The highest BCUT2D eigenvalue weighted by Gasteiger charge is 2.09. The summed E-state index contributed by atoms with van der Waals surface area (Å²) in [7, 11) is 0. The molecular weight excluding hydrogens is 360 g/mol. The van der Waals surface area contributed by atoms with Gasteiger partial charge in [0.2, 0.25) is 5.91 Å². The molecule has 0 fully saturated rings. The fraction of sp³-hybridized carbons (Fsp3) is 0.0909. The second kappa shape index (κ2) is 8.52. The molecule has 4 nitrogen and oxygen atoms in total. The van der Waals surface area contributed by atoms with Crippen LogP contribution in [0.25, 0.3) is 0 Å². The van der Waals surface area contributed by atoms with Gasteiger partial charge in [-0.1, -0.05) is 41.9 Å². The van der Waals surface area contributed by atoms with Gasteiger partial charge in [0.15, 0.2) is 0 Å². The summed E-state index contributed by atoms with van der Waals surface area (Å²) in [5.41, 5.74) is 3.74. The van der Waals surface area contributed by atoms with Crippen LogP contribution in [0.4, 0.5) is 11.4 Å². The van der Waals surface area contributed by atoms with Crippen molar-refractivity contribution < 1.29 is 9.59 Å². The van der Waals surface area contributed by atoms with Gasteiger partial charge >= 0.3 is 0 Å². The number of rotatable bonds is 5. The molecule has 27 heavy (non-hydrogen) atoms. The van der Waals surface area contributed by atoms with Gasteiger partial charge in [-0.2, -0.15) is 0 Å². The molecule has 0 saturated heterocycles. The van der Waals surface area contributed by atoms with Crippen molar-refractivity contribution in [1.82, 2.24) is 0 Å². The third kappa shape index (κ3) is 5.19. The van der Waals surface area contributed by atoms with E-state index in [0.29, 0.717) is 22.0 Å². The second-order valence-corrected chi connectivity index (χ2v) is 6.64. The zero-order valence-electron chi connectivity index (χ0n) is 14.8. The minimum absolute atomic E-state index is 0.113. The summed E-state index contributed by atoms with van der Waals surface area (Å²) in [6.07, 6.45) is 0.267. The van der Waals surface area contributed by atoms with Crippen LogP contribution in [0.1, 0.15) is 21.5 Å². The van der Waals surface area contributed by atoms with E-state index in [1.807, 2.05) is 43.3 Å². The second-order valence-electron chi connectivity index (χ2n) is 6.20. The number of benzene rings is 3. The molecule has 0 unspecified atom stereocenters. The SMILES string of the molecule is Cc1cc(NC(=O)Cc2ccc(Cl)cc2)ccc1NC(=O)c1ccccc1. The van der Waals surface area contributed by atoms with E-state index in [1.165, 1.54) is 0 Å². The van der Waals surface area contributed by atoms with Gasteiger partial charge in [-0.05, 0) is 60.5 Å². The zero-order valence-corrected chi connectivity index (χ0v) is 15.6. The maximum atomic E-state index is 12.3. The Balaban J connectivity index is 1.63. The Morgan fingerprint density at radius 2 is 1.59 bits per heavy atom. The Labute approximate surface area is 163 Å². The summed E-state index contributed by atoms with van der Waals surface area (Å²) in [4.78, 5) is 24.5. The van der Waals surface area contributed by atoms with Gasteiger partial charge in [-0.15, -0.1) is 0 Å². The maximum absolute atomic E-state index is 12.3. The number of hydrogen-bond donors (Lipinski definition) is 2. The van der Waals surface area contributed by atoms with Crippen LogP contribution in [0.15, 0.2) is 72.8 Å². The van der Waals surface area contributed by atoms with E-state index in [1.54, 1.807) is 36.4 Å². The average Bonchev–Trinajstić information content (AvgIpc) is 2.66. The predicted octanol–water partition coefficient (Wildman–Crippen LogP) is 5.08. The summed E-state index contributed by atoms with van der Waals surface area (Å²) < 4.78 is 0. The average molecular weight is 379 g/mol. The zero-order chi connectivity index (χ0) is 19.2. The lowest BCUT2D eigenvalue weighted by molar-refractivity contribution is -0.115. The lowest BCUT2D eigenvalue weighted by Crippen LogP contribution is -2.15. The number of nitrogens with one attached hydrogen (secondary N) is 2. The lowest BCUT2D eigenvalue weighted by atomic mass is 10.1. The third-order valence-electron chi connectivity index (χ3n) is 4.07. The van der Waals surface area contributed by atoms with Crippen molar-refractivity contribution in [3.8, 4) is 0 Å². The Kier molecular flexibility index (Phi) is 5.89. The van der Waals surface area contributed by atoms with E-state index >= 15 is 0 Å². The molecule has 2 amide bonds. The first-order chi connectivity index (χ1) is 13.0. The highest BCUT2D eigenvalue weighted by atomic mass is 35.5. The standard InChI is InChI=1S/C22H19ClN2O2/c1-15-13-19(24-21(26)14-16-7-9-18(23)10-8-16)11-12-20(15)25-22(27)17-5-3-2-4-6-17/h2-13H,14H2,1H3,(H,24,26)(H,25,27). The smallest absolute Gasteiger partial charge is 0.255 e. The largest absolute Gasteiger partial charge is 0.326 e. The molecule has 5 heteroatoms. The van der Waals surface area contributed by atoms with Crippen molar-refractivity contribution in [2.24, 2.45) is 0 Å². The molecule has 0 radical (unpaired) electrons. The summed E-state index contributed by atoms with van der Waals surface area (Å²) in [6, 6.07) is 21.6. The van der Waals surface area contributed by atoms with Gasteiger partial charge in [0.1, 0.15) is 0 Å². The summed E-state index contributed by atoms with van der Waals surface area (Å²) in [6.45, 7) is 1.88. The molecule has 0 heterocycles. The molecule has 0 aliphatic heterocycles. The molecule has 3 rings (SSSR count). The molecule has 0 bridgehead atoms. The Morgan fingerprint density at radius 1 is 0.889 bits per heavy atom. The van der Waals surface area contributed by atoms with Gasteiger partial charge in [0.05, 0.1) is 6.42 Å². The van der Waals surface area contributed by atoms with Crippen molar-refractivity contribution in [2.75, 3.05) is 10.6 Å². The monoisotopic (exact) mass is 378 g/mol. The van der Waals surface area contributed by atoms with Crippen LogP contribution in [0, 0.1) is 6.92 Å². The van der Waals surface area contributed by atoms with Gasteiger partial charge in [-0.25, -0.2) is 0 Å². The number of carbonyl (C=O) groups excluding carboxylic acids is 2. The quantitative estimate of drug-likeness (QED) is 0.650. The normalized spacial score (nSPS) is 10.3. The topological polar surface area (TPSA) is 58.2 Å². The van der Waals surface area contributed by atoms with E-state index in [9.17, 15) is 9.59 Å². The highest BCUT2D eigenvalue weighted by Crippen LogP contribution is 2.21. The highest BCUT2D eigenvalue weighted by molar-refractivity contribution is 6.30. The van der Waals surface area contributed by atoms with E-state index in [4.69, 9.17) is 11.6 Å².